The molecule has 0 atom stereocenters. The number of fused-ring (bicyclic) bond motifs is 1. The Bertz CT molecular complexity index is 611. The quantitative estimate of drug-likeness (QED) is 0.862. The van der Waals surface area contributed by atoms with Crippen molar-refractivity contribution < 1.29 is 14.3 Å². The van der Waals surface area contributed by atoms with E-state index in [1.807, 2.05) is 19.0 Å². The molecule has 6 heteroatoms. The topological polar surface area (TPSA) is 70.8 Å². The number of nitrogens with zero attached hydrogens (tertiary/aromatic N) is 1. The summed E-state index contributed by atoms with van der Waals surface area (Å²) in [5.74, 6) is -1.27. The largest absolute Gasteiger partial charge is 0.477 e. The highest BCUT2D eigenvalue weighted by Gasteiger charge is 2.14. The summed E-state index contributed by atoms with van der Waals surface area (Å²) in [6.07, 6.45) is 0. The zero-order valence-corrected chi connectivity index (χ0v) is 9.50. The lowest BCUT2D eigenvalue weighted by atomic mass is 10.3. The lowest BCUT2D eigenvalue weighted by Crippen LogP contribution is -2.12. The van der Waals surface area contributed by atoms with Crippen LogP contribution in [0, 0.1) is 0 Å². The van der Waals surface area contributed by atoms with Crippen LogP contribution >= 0.6 is 11.3 Å². The van der Waals surface area contributed by atoms with Crippen molar-refractivity contribution in [2.24, 2.45) is 0 Å². The second kappa shape index (κ2) is 3.64. The minimum absolute atomic E-state index is 0.334. The maximum Gasteiger partial charge on any atom is 0.351 e. The number of aromatic carboxylic acids is 1. The molecule has 0 unspecified atom stereocenters. The van der Waals surface area contributed by atoms with Gasteiger partial charge in [0.2, 0.25) is 0 Å². The number of rotatable bonds is 2. The molecule has 16 heavy (non-hydrogen) atoms. The van der Waals surface area contributed by atoms with Gasteiger partial charge >= 0.3 is 11.6 Å². The van der Waals surface area contributed by atoms with Crippen molar-refractivity contribution in [2.75, 3.05) is 19.0 Å². The zero-order chi connectivity index (χ0) is 11.9. The molecule has 2 aromatic heterocycles. The number of anilines is 1. The summed E-state index contributed by atoms with van der Waals surface area (Å²) in [6.45, 7) is 0. The van der Waals surface area contributed by atoms with Crippen molar-refractivity contribution in [3.8, 4) is 0 Å². The Balaban J connectivity index is 2.70. The number of hydrogen-bond donors (Lipinski definition) is 1. The molecule has 2 heterocycles. The van der Waals surface area contributed by atoms with Crippen LogP contribution in [0.2, 0.25) is 0 Å². The molecular weight excluding hydrogens is 230 g/mol. The number of thiophene rings is 1. The van der Waals surface area contributed by atoms with E-state index in [1.165, 1.54) is 17.4 Å². The van der Waals surface area contributed by atoms with Gasteiger partial charge in [-0.1, -0.05) is 0 Å². The second-order valence-electron chi connectivity index (χ2n) is 3.46. The van der Waals surface area contributed by atoms with Gasteiger partial charge in [-0.05, 0) is 6.07 Å². The average molecular weight is 239 g/mol. The van der Waals surface area contributed by atoms with Crippen molar-refractivity contribution in [2.45, 2.75) is 0 Å². The molecule has 0 aliphatic rings. The van der Waals surface area contributed by atoms with E-state index in [4.69, 9.17) is 9.52 Å². The van der Waals surface area contributed by atoms with Crippen LogP contribution in [0.25, 0.3) is 10.3 Å². The highest BCUT2D eigenvalue weighted by Crippen LogP contribution is 2.30. The van der Waals surface area contributed by atoms with Crippen LogP contribution in [0.1, 0.15) is 10.4 Å². The molecule has 0 radical (unpaired) electrons. The third-order valence-corrected chi connectivity index (χ3v) is 3.31. The van der Waals surface area contributed by atoms with Gasteiger partial charge in [0, 0.05) is 20.2 Å². The van der Waals surface area contributed by atoms with Crippen molar-refractivity contribution in [1.82, 2.24) is 0 Å². The van der Waals surface area contributed by atoms with Crippen molar-refractivity contribution in [3.63, 3.8) is 0 Å². The molecule has 84 valence electrons. The molecule has 0 spiro atoms. The summed E-state index contributed by atoms with van der Waals surface area (Å²) in [5.41, 5.74) is -0.730. The van der Waals surface area contributed by atoms with Gasteiger partial charge in [-0.25, -0.2) is 9.59 Å². The molecule has 0 aliphatic heterocycles. The van der Waals surface area contributed by atoms with E-state index in [1.54, 1.807) is 6.07 Å². The molecule has 2 rings (SSSR count). The van der Waals surface area contributed by atoms with Gasteiger partial charge in [0.25, 0.3) is 0 Å². The smallest absolute Gasteiger partial charge is 0.351 e. The Labute approximate surface area is 94.5 Å². The molecule has 0 aromatic carbocycles. The first kappa shape index (κ1) is 10.7. The van der Waals surface area contributed by atoms with Gasteiger partial charge in [-0.15, -0.1) is 11.3 Å². The Kier molecular flexibility index (Phi) is 2.43. The summed E-state index contributed by atoms with van der Waals surface area (Å²) in [6, 6.07) is 3.06. The number of carboxylic acid groups (broad SMARTS) is 1. The first-order chi connectivity index (χ1) is 7.49. The maximum atomic E-state index is 11.3. The molecule has 0 aliphatic carbocycles. The number of carbonyl (C=O) groups is 1. The van der Waals surface area contributed by atoms with Crippen LogP contribution < -0.4 is 10.5 Å². The van der Waals surface area contributed by atoms with Crippen molar-refractivity contribution in [1.29, 1.82) is 0 Å². The van der Waals surface area contributed by atoms with Gasteiger partial charge in [0.15, 0.2) is 5.58 Å². The second-order valence-corrected chi connectivity index (χ2v) is 4.52. The van der Waals surface area contributed by atoms with E-state index in [0.29, 0.717) is 10.3 Å². The van der Waals surface area contributed by atoms with Gasteiger partial charge in [0.1, 0.15) is 5.56 Å². The van der Waals surface area contributed by atoms with E-state index in [-0.39, 0.29) is 5.56 Å². The minimum atomic E-state index is -1.27. The van der Waals surface area contributed by atoms with Crippen LogP contribution in [0.4, 0.5) is 5.00 Å². The average Bonchev–Trinajstić information content (AvgIpc) is 2.58. The molecule has 2 aromatic rings. The van der Waals surface area contributed by atoms with Crippen LogP contribution in [0.5, 0.6) is 0 Å². The van der Waals surface area contributed by atoms with Gasteiger partial charge in [-0.3, -0.25) is 0 Å². The monoisotopic (exact) mass is 239 g/mol. The summed E-state index contributed by atoms with van der Waals surface area (Å²) in [7, 11) is 3.72. The summed E-state index contributed by atoms with van der Waals surface area (Å²) in [5, 5.41) is 9.68. The minimum Gasteiger partial charge on any atom is -0.477 e. The molecule has 0 saturated heterocycles. The van der Waals surface area contributed by atoms with Crippen LogP contribution in [0.3, 0.4) is 0 Å². The fourth-order valence-corrected chi connectivity index (χ4v) is 2.22. The van der Waals surface area contributed by atoms with Crippen molar-refractivity contribution in [3.05, 3.63) is 28.1 Å². The standard InChI is InChI=1S/C10H9NO4S/c1-11(2)8-4-6-7(16-8)3-5(9(12)13)10(14)15-6/h3-4H,1-2H3,(H,12,13). The molecule has 1 N–H and O–H groups in total. The predicted octanol–water partition coefficient (Wildman–Crippen LogP) is 1.62. The lowest BCUT2D eigenvalue weighted by Gasteiger charge is -2.06. The lowest BCUT2D eigenvalue weighted by molar-refractivity contribution is 0.0692. The summed E-state index contributed by atoms with van der Waals surface area (Å²) < 4.78 is 5.59. The van der Waals surface area contributed by atoms with Crippen LogP contribution in [-0.2, 0) is 0 Å². The van der Waals surface area contributed by atoms with E-state index in [0.717, 1.165) is 5.00 Å². The van der Waals surface area contributed by atoms with Gasteiger partial charge < -0.3 is 14.4 Å². The Hall–Kier alpha value is -1.82. The third-order valence-electron chi connectivity index (χ3n) is 2.08. The fraction of sp³-hybridized carbons (Fsp3) is 0.200. The fourth-order valence-electron chi connectivity index (χ4n) is 1.27. The molecule has 5 nitrogen and oxygen atoms in total. The normalized spacial score (nSPS) is 10.6. The Morgan fingerprint density at radius 3 is 2.69 bits per heavy atom. The SMILES string of the molecule is CN(C)c1cc2oc(=O)c(C(=O)O)cc2s1. The molecular formula is C10H9NO4S. The summed E-state index contributed by atoms with van der Waals surface area (Å²) >= 11 is 1.38. The summed E-state index contributed by atoms with van der Waals surface area (Å²) in [4.78, 5) is 23.9. The van der Waals surface area contributed by atoms with Gasteiger partial charge in [0.05, 0.1) is 9.70 Å². The van der Waals surface area contributed by atoms with E-state index in [2.05, 4.69) is 0 Å². The van der Waals surface area contributed by atoms with Crippen molar-refractivity contribution >= 4 is 32.6 Å². The van der Waals surface area contributed by atoms with E-state index >= 15 is 0 Å². The highest BCUT2D eigenvalue weighted by molar-refractivity contribution is 7.22. The first-order valence-corrected chi connectivity index (χ1v) is 5.29. The Morgan fingerprint density at radius 1 is 1.44 bits per heavy atom. The van der Waals surface area contributed by atoms with Crippen LogP contribution in [-0.4, -0.2) is 25.2 Å². The first-order valence-electron chi connectivity index (χ1n) is 4.47. The predicted molar refractivity (Wildman–Crippen MR) is 61.6 cm³/mol. The molecule has 0 saturated carbocycles. The van der Waals surface area contributed by atoms with E-state index < -0.39 is 11.6 Å². The zero-order valence-electron chi connectivity index (χ0n) is 8.68. The van der Waals surface area contributed by atoms with Crippen LogP contribution in [0.15, 0.2) is 21.3 Å². The Morgan fingerprint density at radius 2 is 2.12 bits per heavy atom. The number of carboxylic acids is 1. The maximum absolute atomic E-state index is 11.3. The molecule has 0 amide bonds. The number of hydrogen-bond acceptors (Lipinski definition) is 5. The molecule has 0 fully saturated rings. The highest BCUT2D eigenvalue weighted by atomic mass is 32.1. The third kappa shape index (κ3) is 1.67. The van der Waals surface area contributed by atoms with E-state index in [9.17, 15) is 9.59 Å². The molecule has 0 bridgehead atoms. The van der Waals surface area contributed by atoms with Gasteiger partial charge in [-0.2, -0.15) is 0 Å².